The Bertz CT molecular complexity index is 1180. The fraction of sp³-hybridized carbons (Fsp3) is 0.0870. The van der Waals surface area contributed by atoms with Crippen LogP contribution in [0.25, 0.3) is 0 Å². The Hall–Kier alpha value is -2.65. The summed E-state index contributed by atoms with van der Waals surface area (Å²) in [4.78, 5) is 24.7. The van der Waals surface area contributed by atoms with E-state index in [2.05, 4.69) is 32.1 Å². The number of hydrogen-bond donors (Lipinski definition) is 3. The molecule has 3 aromatic rings. The van der Waals surface area contributed by atoms with Gasteiger partial charge in [-0.1, -0.05) is 53.5 Å². The molecule has 0 radical (unpaired) electrons. The zero-order chi connectivity index (χ0) is 23.8. The number of amides is 2. The molecule has 0 fully saturated rings. The van der Waals surface area contributed by atoms with Crippen molar-refractivity contribution in [2.45, 2.75) is 6.42 Å². The predicted molar refractivity (Wildman–Crippen MR) is 137 cm³/mol. The molecule has 0 saturated heterocycles. The Morgan fingerprint density at radius 3 is 2.39 bits per heavy atom. The monoisotopic (exact) mass is 565 g/mol. The van der Waals surface area contributed by atoms with Crippen molar-refractivity contribution in [3.63, 3.8) is 0 Å². The molecule has 2 amide bonds. The SMILES string of the molecule is O=C(NC(=S)NNC(=O)c1ccc(Cl)cc1Cl)c1ccc(OCCc2ccccc2)c(Br)c1. The third kappa shape index (κ3) is 7.43. The minimum Gasteiger partial charge on any atom is -0.492 e. The summed E-state index contributed by atoms with van der Waals surface area (Å²) in [7, 11) is 0. The van der Waals surface area contributed by atoms with E-state index in [0.29, 0.717) is 27.4 Å². The summed E-state index contributed by atoms with van der Waals surface area (Å²) in [5, 5.41) is 3.00. The molecule has 0 bridgehead atoms. The molecular formula is C23H18BrCl2N3O3S. The molecule has 10 heteroatoms. The van der Waals surface area contributed by atoms with E-state index in [1.807, 2.05) is 30.3 Å². The summed E-state index contributed by atoms with van der Waals surface area (Å²) in [6.45, 7) is 0.500. The second kappa shape index (κ2) is 12.0. The standard InChI is InChI=1S/C23H18BrCl2N3O3S/c24-18-12-15(6-9-20(18)32-11-10-14-4-2-1-3-5-14)21(30)27-23(33)29-28-22(31)17-8-7-16(25)13-19(17)26/h1-9,12-13H,10-11H2,(H,28,31)(H2,27,29,30,33). The van der Waals surface area contributed by atoms with Crippen LogP contribution in [-0.2, 0) is 6.42 Å². The quantitative estimate of drug-likeness (QED) is 0.278. The van der Waals surface area contributed by atoms with E-state index in [9.17, 15) is 9.59 Å². The minimum atomic E-state index is -0.534. The van der Waals surface area contributed by atoms with Crippen LogP contribution < -0.4 is 20.9 Å². The fourth-order valence-corrected chi connectivity index (χ4v) is 3.87. The van der Waals surface area contributed by atoms with E-state index in [-0.39, 0.29) is 15.7 Å². The second-order valence-electron chi connectivity index (χ2n) is 6.72. The highest BCUT2D eigenvalue weighted by atomic mass is 79.9. The first-order valence-corrected chi connectivity index (χ1v) is 11.6. The van der Waals surface area contributed by atoms with Crippen molar-refractivity contribution in [2.75, 3.05) is 6.61 Å². The predicted octanol–water partition coefficient (Wildman–Crippen LogP) is 5.33. The summed E-state index contributed by atoms with van der Waals surface area (Å²) in [6.07, 6.45) is 0.766. The highest BCUT2D eigenvalue weighted by Crippen LogP contribution is 2.26. The van der Waals surface area contributed by atoms with E-state index in [1.54, 1.807) is 18.2 Å². The van der Waals surface area contributed by atoms with Crippen molar-refractivity contribution in [2.24, 2.45) is 0 Å². The summed E-state index contributed by atoms with van der Waals surface area (Å²) < 4.78 is 6.43. The van der Waals surface area contributed by atoms with E-state index in [1.165, 1.54) is 23.8 Å². The second-order valence-corrected chi connectivity index (χ2v) is 8.82. The summed E-state index contributed by atoms with van der Waals surface area (Å²) in [6, 6.07) is 19.4. The molecule has 33 heavy (non-hydrogen) atoms. The number of carbonyl (C=O) groups excluding carboxylic acids is 2. The van der Waals surface area contributed by atoms with Gasteiger partial charge in [0.1, 0.15) is 5.75 Å². The molecule has 0 aliphatic rings. The number of rotatable bonds is 6. The largest absolute Gasteiger partial charge is 0.492 e. The van der Waals surface area contributed by atoms with Crippen LogP contribution in [0.4, 0.5) is 0 Å². The lowest BCUT2D eigenvalue weighted by Crippen LogP contribution is -2.48. The third-order valence-corrected chi connectivity index (χ3v) is 5.75. The van der Waals surface area contributed by atoms with Crippen molar-refractivity contribution in [3.05, 3.63) is 97.9 Å². The van der Waals surface area contributed by atoms with Crippen molar-refractivity contribution in [1.82, 2.24) is 16.2 Å². The zero-order valence-electron chi connectivity index (χ0n) is 17.0. The zero-order valence-corrected chi connectivity index (χ0v) is 20.9. The van der Waals surface area contributed by atoms with Gasteiger partial charge < -0.3 is 4.74 Å². The first kappa shape index (κ1) is 25.0. The molecule has 6 nitrogen and oxygen atoms in total. The lowest BCUT2D eigenvalue weighted by molar-refractivity contribution is 0.0934. The summed E-state index contributed by atoms with van der Waals surface area (Å²) in [5.74, 6) is -0.369. The van der Waals surface area contributed by atoms with Gasteiger partial charge in [0.05, 0.1) is 21.7 Å². The van der Waals surface area contributed by atoms with Crippen LogP contribution in [0.2, 0.25) is 10.0 Å². The van der Waals surface area contributed by atoms with Gasteiger partial charge in [0.25, 0.3) is 11.8 Å². The van der Waals surface area contributed by atoms with Gasteiger partial charge in [-0.05, 0) is 70.1 Å². The van der Waals surface area contributed by atoms with Gasteiger partial charge in [0, 0.05) is 17.0 Å². The number of hydrogen-bond acceptors (Lipinski definition) is 4. The van der Waals surface area contributed by atoms with Crippen molar-refractivity contribution < 1.29 is 14.3 Å². The molecule has 170 valence electrons. The maximum Gasteiger partial charge on any atom is 0.271 e. The molecule has 3 rings (SSSR count). The van der Waals surface area contributed by atoms with Crippen LogP contribution in [0.5, 0.6) is 5.75 Å². The smallest absolute Gasteiger partial charge is 0.271 e. The minimum absolute atomic E-state index is 0.0854. The van der Waals surface area contributed by atoms with Gasteiger partial charge in [-0.3, -0.25) is 25.8 Å². The Kier molecular flexibility index (Phi) is 9.08. The first-order valence-electron chi connectivity index (χ1n) is 9.66. The number of halogens is 3. The fourth-order valence-electron chi connectivity index (χ4n) is 2.74. The lowest BCUT2D eigenvalue weighted by atomic mass is 10.2. The Labute approximate surface area is 214 Å². The Balaban J connectivity index is 1.49. The number of carbonyl (C=O) groups is 2. The molecule has 3 aromatic carbocycles. The van der Waals surface area contributed by atoms with E-state index in [0.717, 1.165) is 6.42 Å². The van der Waals surface area contributed by atoms with Crippen molar-refractivity contribution in [1.29, 1.82) is 0 Å². The number of nitrogens with one attached hydrogen (secondary N) is 3. The molecule has 0 heterocycles. The molecule has 0 atom stereocenters. The Morgan fingerprint density at radius 2 is 1.70 bits per heavy atom. The molecule has 0 aliphatic carbocycles. The normalized spacial score (nSPS) is 10.3. The van der Waals surface area contributed by atoms with Crippen LogP contribution in [-0.4, -0.2) is 23.5 Å². The van der Waals surface area contributed by atoms with Gasteiger partial charge in [0.2, 0.25) is 0 Å². The summed E-state index contributed by atoms with van der Waals surface area (Å²) >= 11 is 20.3. The molecule has 0 aliphatic heterocycles. The Morgan fingerprint density at radius 1 is 0.939 bits per heavy atom. The molecule has 0 saturated carbocycles. The molecular weight excluding hydrogens is 549 g/mol. The molecule has 0 spiro atoms. The van der Waals surface area contributed by atoms with E-state index >= 15 is 0 Å². The van der Waals surface area contributed by atoms with E-state index in [4.69, 9.17) is 40.2 Å². The summed E-state index contributed by atoms with van der Waals surface area (Å²) in [5.41, 5.74) is 6.57. The van der Waals surface area contributed by atoms with Crippen LogP contribution >= 0.6 is 51.3 Å². The van der Waals surface area contributed by atoms with Gasteiger partial charge in [-0.2, -0.15) is 0 Å². The van der Waals surface area contributed by atoms with Crippen LogP contribution in [0, 0.1) is 0 Å². The average Bonchev–Trinajstić information content (AvgIpc) is 2.79. The maximum atomic E-state index is 12.5. The number of ether oxygens (including phenoxy) is 1. The van der Waals surface area contributed by atoms with Crippen LogP contribution in [0.15, 0.2) is 71.2 Å². The highest BCUT2D eigenvalue weighted by Gasteiger charge is 2.13. The number of thiocarbonyl (C=S) groups is 1. The van der Waals surface area contributed by atoms with Crippen molar-refractivity contribution >= 4 is 68.3 Å². The third-order valence-electron chi connectivity index (χ3n) is 4.38. The van der Waals surface area contributed by atoms with Gasteiger partial charge in [-0.25, -0.2) is 0 Å². The average molecular weight is 567 g/mol. The number of hydrazine groups is 1. The van der Waals surface area contributed by atoms with Gasteiger partial charge in [0.15, 0.2) is 5.11 Å². The molecule has 0 aromatic heterocycles. The van der Waals surface area contributed by atoms with Crippen LogP contribution in [0.1, 0.15) is 26.3 Å². The highest BCUT2D eigenvalue weighted by molar-refractivity contribution is 9.10. The topological polar surface area (TPSA) is 79.5 Å². The molecule has 0 unspecified atom stereocenters. The number of benzene rings is 3. The first-order chi connectivity index (χ1) is 15.8. The van der Waals surface area contributed by atoms with Gasteiger partial charge >= 0.3 is 0 Å². The molecule has 3 N–H and O–H groups in total. The van der Waals surface area contributed by atoms with Gasteiger partial charge in [-0.15, -0.1) is 0 Å². The van der Waals surface area contributed by atoms with E-state index < -0.39 is 11.8 Å². The van der Waals surface area contributed by atoms with Crippen molar-refractivity contribution in [3.8, 4) is 5.75 Å². The van der Waals surface area contributed by atoms with Crippen LogP contribution in [0.3, 0.4) is 0 Å². The maximum absolute atomic E-state index is 12.5. The lowest BCUT2D eigenvalue weighted by Gasteiger charge is -2.13.